The number of alkyl halides is 2. The molecule has 0 aliphatic carbocycles. The van der Waals surface area contributed by atoms with Gasteiger partial charge in [0.2, 0.25) is 5.91 Å². The lowest BCUT2D eigenvalue weighted by atomic mass is 9.95. The molecule has 1 atom stereocenters. The fraction of sp³-hybridized carbons (Fsp3) is 0.400. The van der Waals surface area contributed by atoms with Gasteiger partial charge in [0.05, 0.1) is 19.2 Å². The lowest BCUT2D eigenvalue weighted by Crippen LogP contribution is -2.36. The summed E-state index contributed by atoms with van der Waals surface area (Å²) in [5.74, 6) is -3.68. The average Bonchev–Trinajstić information content (AvgIpc) is 3.17. The molecule has 0 radical (unpaired) electrons. The predicted molar refractivity (Wildman–Crippen MR) is 117 cm³/mol. The van der Waals surface area contributed by atoms with Crippen LogP contribution in [-0.2, 0) is 17.6 Å². The molecular formula is C25H23F2N3O4. The first-order chi connectivity index (χ1) is 16.3. The molecule has 1 amide bonds. The van der Waals surface area contributed by atoms with Crippen molar-refractivity contribution < 1.29 is 27.9 Å². The van der Waals surface area contributed by atoms with E-state index in [1.54, 1.807) is 18.2 Å². The maximum absolute atomic E-state index is 13.6. The number of aryl methyl sites for hydroxylation is 1. The van der Waals surface area contributed by atoms with Gasteiger partial charge in [-0.25, -0.2) is 8.78 Å². The number of aromatic nitrogens is 1. The second-order valence-electron chi connectivity index (χ2n) is 8.56. The zero-order valence-corrected chi connectivity index (χ0v) is 18.4. The molecule has 3 heterocycles. The zero-order valence-electron chi connectivity index (χ0n) is 18.4. The van der Waals surface area contributed by atoms with Gasteiger partial charge in [0.25, 0.3) is 5.92 Å². The number of pyridine rings is 1. The number of hydrogen-bond acceptors (Lipinski definition) is 6. The molecule has 0 unspecified atom stereocenters. The summed E-state index contributed by atoms with van der Waals surface area (Å²) in [6.07, 6.45) is 3.40. The van der Waals surface area contributed by atoms with E-state index >= 15 is 0 Å². The first-order valence-corrected chi connectivity index (χ1v) is 11.1. The molecular weight excluding hydrogens is 444 g/mol. The summed E-state index contributed by atoms with van der Waals surface area (Å²) in [5.41, 5.74) is 2.20. The van der Waals surface area contributed by atoms with E-state index in [9.17, 15) is 23.2 Å². The maximum atomic E-state index is 13.6. The maximum Gasteiger partial charge on any atom is 0.268 e. The van der Waals surface area contributed by atoms with E-state index < -0.39 is 36.6 Å². The van der Waals surface area contributed by atoms with Gasteiger partial charge in [-0.3, -0.25) is 19.4 Å². The number of nitrogens with zero attached hydrogens (tertiary/aromatic N) is 3. The minimum Gasteiger partial charge on any atom is -0.493 e. The van der Waals surface area contributed by atoms with E-state index in [-0.39, 0.29) is 30.6 Å². The number of Topliss-reactive ketones (excluding diaryl/α,β-unsaturated/α-hetero) is 2. The number of fused-ring (bicyclic) bond motifs is 1. The monoisotopic (exact) mass is 467 g/mol. The molecule has 7 nitrogen and oxygen atoms in total. The van der Waals surface area contributed by atoms with Crippen LogP contribution in [0, 0.1) is 11.3 Å². The number of nitriles is 1. The molecule has 0 N–H and O–H groups in total. The highest BCUT2D eigenvalue weighted by molar-refractivity contribution is 6.03. The highest BCUT2D eigenvalue weighted by Gasteiger charge is 2.47. The van der Waals surface area contributed by atoms with E-state index in [1.165, 1.54) is 18.5 Å². The molecule has 1 saturated heterocycles. The van der Waals surface area contributed by atoms with Crippen LogP contribution in [-0.4, -0.2) is 52.5 Å². The first kappa shape index (κ1) is 23.5. The molecule has 0 bridgehead atoms. The van der Waals surface area contributed by atoms with Crippen LogP contribution in [0.2, 0.25) is 0 Å². The summed E-state index contributed by atoms with van der Waals surface area (Å²) in [5, 5.41) is 9.06. The van der Waals surface area contributed by atoms with Crippen LogP contribution in [0.4, 0.5) is 8.78 Å². The molecule has 34 heavy (non-hydrogen) atoms. The number of amides is 1. The second-order valence-corrected chi connectivity index (χ2v) is 8.56. The summed E-state index contributed by atoms with van der Waals surface area (Å²) in [4.78, 5) is 43.0. The molecule has 2 aliphatic rings. The van der Waals surface area contributed by atoms with Crippen molar-refractivity contribution >= 4 is 17.5 Å². The third-order valence-electron chi connectivity index (χ3n) is 6.10. The quantitative estimate of drug-likeness (QED) is 0.578. The Morgan fingerprint density at radius 1 is 1.21 bits per heavy atom. The number of carbonyl (C=O) groups is 3. The zero-order chi connectivity index (χ0) is 24.3. The number of benzene rings is 1. The third kappa shape index (κ3) is 5.11. The van der Waals surface area contributed by atoms with E-state index in [1.807, 2.05) is 6.07 Å². The van der Waals surface area contributed by atoms with Crippen molar-refractivity contribution in [1.29, 1.82) is 5.26 Å². The fourth-order valence-corrected chi connectivity index (χ4v) is 4.32. The van der Waals surface area contributed by atoms with E-state index in [0.29, 0.717) is 23.5 Å². The van der Waals surface area contributed by atoms with Crippen LogP contribution < -0.4 is 4.74 Å². The Balaban J connectivity index is 1.42. The number of carbonyl (C=O) groups excluding carboxylic acids is 3. The Hall–Kier alpha value is -3.67. The molecule has 2 aliphatic heterocycles. The summed E-state index contributed by atoms with van der Waals surface area (Å²) in [7, 11) is 0. The highest BCUT2D eigenvalue weighted by atomic mass is 19.3. The minimum atomic E-state index is -3.11. The van der Waals surface area contributed by atoms with Gasteiger partial charge in [0.1, 0.15) is 11.8 Å². The summed E-state index contributed by atoms with van der Waals surface area (Å²) in [6.45, 7) is -0.216. The number of rotatable bonds is 7. The molecule has 1 aromatic carbocycles. The van der Waals surface area contributed by atoms with Crippen molar-refractivity contribution in [1.82, 2.24) is 9.88 Å². The van der Waals surface area contributed by atoms with Crippen molar-refractivity contribution in [2.75, 3.05) is 13.2 Å². The second kappa shape index (κ2) is 9.67. The average molecular weight is 467 g/mol. The Morgan fingerprint density at radius 3 is 2.82 bits per heavy atom. The van der Waals surface area contributed by atoms with Crippen molar-refractivity contribution in [3.63, 3.8) is 0 Å². The summed E-state index contributed by atoms with van der Waals surface area (Å²) in [6, 6.07) is 7.33. The molecule has 0 spiro atoms. The van der Waals surface area contributed by atoms with Gasteiger partial charge in [0.15, 0.2) is 11.6 Å². The predicted octanol–water partition coefficient (Wildman–Crippen LogP) is 3.55. The fourth-order valence-electron chi connectivity index (χ4n) is 4.32. The van der Waals surface area contributed by atoms with Crippen molar-refractivity contribution in [3.8, 4) is 11.8 Å². The molecule has 1 aromatic heterocycles. The van der Waals surface area contributed by atoms with Crippen molar-refractivity contribution in [2.24, 2.45) is 0 Å². The molecule has 0 saturated carbocycles. The standard InChI is InChI=1S/C25H23F2N3O4/c26-25(27)12-19(13-28)30(15-25)24(33)6-5-21(31)20-7-8-29-14-18(20)10-22(32)17-4-3-16-2-1-9-34-23(16)11-17/h3-4,7-8,11,14,19H,1-2,5-6,9-10,12,15H2/t19-/m0/s1. The van der Waals surface area contributed by atoms with Gasteiger partial charge in [-0.05, 0) is 36.1 Å². The van der Waals surface area contributed by atoms with Gasteiger partial charge >= 0.3 is 0 Å². The van der Waals surface area contributed by atoms with Gasteiger partial charge in [0, 0.05) is 49.2 Å². The number of ether oxygens (including phenoxy) is 1. The van der Waals surface area contributed by atoms with E-state index in [4.69, 9.17) is 10.00 Å². The topological polar surface area (TPSA) is 100 Å². The lowest BCUT2D eigenvalue weighted by molar-refractivity contribution is -0.132. The van der Waals surface area contributed by atoms with Crippen LogP contribution in [0.1, 0.15) is 57.5 Å². The molecule has 2 aromatic rings. The van der Waals surface area contributed by atoms with Gasteiger partial charge in [-0.15, -0.1) is 0 Å². The number of halogens is 2. The Labute approximate surface area is 195 Å². The molecule has 4 rings (SSSR count). The van der Waals surface area contributed by atoms with Crippen LogP contribution in [0.25, 0.3) is 0 Å². The summed E-state index contributed by atoms with van der Waals surface area (Å²) < 4.78 is 32.8. The van der Waals surface area contributed by atoms with Crippen LogP contribution in [0.15, 0.2) is 36.7 Å². The smallest absolute Gasteiger partial charge is 0.268 e. The van der Waals surface area contributed by atoms with Gasteiger partial charge < -0.3 is 9.64 Å². The third-order valence-corrected chi connectivity index (χ3v) is 6.10. The van der Waals surface area contributed by atoms with Crippen LogP contribution in [0.3, 0.4) is 0 Å². The van der Waals surface area contributed by atoms with Gasteiger partial charge in [-0.2, -0.15) is 5.26 Å². The first-order valence-electron chi connectivity index (χ1n) is 11.1. The summed E-state index contributed by atoms with van der Waals surface area (Å²) >= 11 is 0. The van der Waals surface area contributed by atoms with Crippen molar-refractivity contribution in [2.45, 2.75) is 50.5 Å². The Kier molecular flexibility index (Phi) is 6.68. The van der Waals surface area contributed by atoms with E-state index in [0.717, 1.165) is 23.3 Å². The number of ketones is 2. The molecule has 176 valence electrons. The SMILES string of the molecule is N#C[C@@H]1CC(F)(F)CN1C(=O)CCC(=O)c1ccncc1CC(=O)c1ccc2c(c1)OCCC2. The molecule has 1 fully saturated rings. The van der Waals surface area contributed by atoms with E-state index in [2.05, 4.69) is 4.98 Å². The Morgan fingerprint density at radius 2 is 2.03 bits per heavy atom. The largest absolute Gasteiger partial charge is 0.493 e. The van der Waals surface area contributed by atoms with Crippen LogP contribution >= 0.6 is 0 Å². The lowest BCUT2D eigenvalue weighted by Gasteiger charge is -2.19. The number of likely N-dealkylation sites (tertiary alicyclic amines) is 1. The Bertz CT molecular complexity index is 1170. The normalized spacial score (nSPS) is 18.5. The van der Waals surface area contributed by atoms with Gasteiger partial charge in [-0.1, -0.05) is 12.1 Å². The number of hydrogen-bond donors (Lipinski definition) is 0. The minimum absolute atomic E-state index is 0.0590. The highest BCUT2D eigenvalue weighted by Crippen LogP contribution is 2.32. The molecule has 9 heteroatoms. The van der Waals surface area contributed by atoms with Crippen molar-refractivity contribution in [3.05, 3.63) is 58.9 Å². The van der Waals surface area contributed by atoms with Crippen LogP contribution in [0.5, 0.6) is 5.75 Å².